The molecule has 1 aromatic carbocycles. The first-order chi connectivity index (χ1) is 12.5. The molecular weight excluding hydrogens is 355 g/mol. The molecule has 2 atom stereocenters. The molecule has 1 aromatic heterocycles. The fourth-order valence-electron chi connectivity index (χ4n) is 3.47. The van der Waals surface area contributed by atoms with Crippen molar-refractivity contribution in [2.24, 2.45) is 0 Å². The standard InChI is InChI=1S/C16H14F3N3O4/c17-8-6-7(11(18)13(23)12(8)19)15-20-14(21-26-15)16(24)22-4-5-25-10-3-1-2-9(10)22/h6,9-10,23H,1-5H2/t9-,10-/m0/s1. The summed E-state index contributed by atoms with van der Waals surface area (Å²) in [6, 6.07) is 0.399. The summed E-state index contributed by atoms with van der Waals surface area (Å²) >= 11 is 0. The number of hydrogen-bond acceptors (Lipinski definition) is 6. The first kappa shape index (κ1) is 16.8. The second kappa shape index (κ2) is 6.27. The molecule has 0 bridgehead atoms. The molecule has 1 aliphatic carbocycles. The van der Waals surface area contributed by atoms with Crippen molar-refractivity contribution in [3.05, 3.63) is 29.3 Å². The van der Waals surface area contributed by atoms with Gasteiger partial charge in [-0.1, -0.05) is 5.16 Å². The Morgan fingerprint density at radius 2 is 2.08 bits per heavy atom. The Morgan fingerprint density at radius 3 is 2.88 bits per heavy atom. The molecule has 138 valence electrons. The van der Waals surface area contributed by atoms with Gasteiger partial charge in [0.1, 0.15) is 0 Å². The molecule has 7 nitrogen and oxygen atoms in total. The number of nitrogens with zero attached hydrogens (tertiary/aromatic N) is 3. The molecule has 1 amide bonds. The molecule has 0 radical (unpaired) electrons. The smallest absolute Gasteiger partial charge is 0.295 e. The highest BCUT2D eigenvalue weighted by molar-refractivity contribution is 5.91. The summed E-state index contributed by atoms with van der Waals surface area (Å²) in [6.45, 7) is 0.757. The number of morpholine rings is 1. The van der Waals surface area contributed by atoms with Crippen molar-refractivity contribution in [2.45, 2.75) is 31.4 Å². The summed E-state index contributed by atoms with van der Waals surface area (Å²) in [5.41, 5.74) is -0.631. The monoisotopic (exact) mass is 369 g/mol. The van der Waals surface area contributed by atoms with Gasteiger partial charge in [-0.25, -0.2) is 8.78 Å². The number of hydrogen-bond donors (Lipinski definition) is 1. The van der Waals surface area contributed by atoms with E-state index < -0.39 is 40.6 Å². The van der Waals surface area contributed by atoms with Crippen molar-refractivity contribution < 1.29 is 32.3 Å². The maximum Gasteiger partial charge on any atom is 0.295 e. The number of phenolic OH excluding ortho intramolecular Hbond substituents is 1. The maximum absolute atomic E-state index is 14.0. The Bertz CT molecular complexity index is 873. The number of carbonyl (C=O) groups excluding carboxylic acids is 1. The van der Waals surface area contributed by atoms with Crippen LogP contribution in [0.25, 0.3) is 11.5 Å². The molecular formula is C16H14F3N3O4. The number of aromatic nitrogens is 2. The van der Waals surface area contributed by atoms with E-state index in [-0.39, 0.29) is 18.0 Å². The second-order valence-corrected chi connectivity index (χ2v) is 6.21. The zero-order chi connectivity index (χ0) is 18.4. The van der Waals surface area contributed by atoms with Crippen LogP contribution in [0.2, 0.25) is 0 Å². The average Bonchev–Trinajstić information content (AvgIpc) is 3.31. The molecule has 1 aliphatic heterocycles. The van der Waals surface area contributed by atoms with Crippen molar-refractivity contribution >= 4 is 5.91 Å². The normalized spacial score (nSPS) is 22.5. The van der Waals surface area contributed by atoms with Crippen molar-refractivity contribution in [3.63, 3.8) is 0 Å². The third-order valence-electron chi connectivity index (χ3n) is 4.72. The van der Waals surface area contributed by atoms with Crippen molar-refractivity contribution in [3.8, 4) is 17.2 Å². The van der Waals surface area contributed by atoms with Gasteiger partial charge in [0.15, 0.2) is 17.4 Å². The maximum atomic E-state index is 14.0. The number of rotatable bonds is 2. The Kier molecular flexibility index (Phi) is 4.06. The summed E-state index contributed by atoms with van der Waals surface area (Å²) < 4.78 is 51.0. The largest absolute Gasteiger partial charge is 0.503 e. The predicted molar refractivity (Wildman–Crippen MR) is 79.7 cm³/mol. The summed E-state index contributed by atoms with van der Waals surface area (Å²) in [4.78, 5) is 18.1. The third-order valence-corrected chi connectivity index (χ3v) is 4.72. The lowest BCUT2D eigenvalue weighted by molar-refractivity contribution is -0.0450. The zero-order valence-electron chi connectivity index (χ0n) is 13.4. The number of ether oxygens (including phenoxy) is 1. The summed E-state index contributed by atoms with van der Waals surface area (Å²) in [5.74, 6) is -7.50. The molecule has 2 fully saturated rings. The molecule has 26 heavy (non-hydrogen) atoms. The van der Waals surface area contributed by atoms with E-state index in [0.717, 1.165) is 19.3 Å². The number of benzene rings is 1. The van der Waals surface area contributed by atoms with Crippen LogP contribution < -0.4 is 0 Å². The Balaban J connectivity index is 1.63. The highest BCUT2D eigenvalue weighted by atomic mass is 19.2. The number of amides is 1. The van der Waals surface area contributed by atoms with Gasteiger partial charge in [-0.3, -0.25) is 4.79 Å². The topological polar surface area (TPSA) is 88.7 Å². The van der Waals surface area contributed by atoms with Crippen LogP contribution in [0.5, 0.6) is 5.75 Å². The van der Waals surface area contributed by atoms with Crippen LogP contribution in [-0.2, 0) is 4.74 Å². The van der Waals surface area contributed by atoms with Crippen LogP contribution in [0.15, 0.2) is 10.6 Å². The van der Waals surface area contributed by atoms with Gasteiger partial charge in [0.2, 0.25) is 5.82 Å². The zero-order valence-corrected chi connectivity index (χ0v) is 13.4. The van der Waals surface area contributed by atoms with Crippen molar-refractivity contribution in [2.75, 3.05) is 13.2 Å². The minimum absolute atomic E-state index is 0.0281. The summed E-state index contributed by atoms with van der Waals surface area (Å²) in [7, 11) is 0. The van der Waals surface area contributed by atoms with Gasteiger partial charge in [0, 0.05) is 6.54 Å². The minimum Gasteiger partial charge on any atom is -0.503 e. The van der Waals surface area contributed by atoms with Gasteiger partial charge >= 0.3 is 0 Å². The minimum atomic E-state index is -1.72. The fraction of sp³-hybridized carbons (Fsp3) is 0.438. The molecule has 10 heteroatoms. The van der Waals surface area contributed by atoms with Gasteiger partial charge in [0.25, 0.3) is 17.6 Å². The number of phenols is 1. The highest BCUT2D eigenvalue weighted by Crippen LogP contribution is 2.33. The molecule has 2 heterocycles. The third kappa shape index (κ3) is 2.61. The lowest BCUT2D eigenvalue weighted by atomic mass is 10.1. The molecule has 2 aliphatic rings. The van der Waals surface area contributed by atoms with Gasteiger partial charge in [0.05, 0.1) is 24.3 Å². The molecule has 1 N–H and O–H groups in total. The number of carbonyl (C=O) groups is 1. The van der Waals surface area contributed by atoms with Crippen LogP contribution in [0.4, 0.5) is 13.2 Å². The van der Waals surface area contributed by atoms with Gasteiger partial charge < -0.3 is 19.3 Å². The molecule has 0 unspecified atom stereocenters. The van der Waals surface area contributed by atoms with Crippen molar-refractivity contribution in [1.29, 1.82) is 0 Å². The van der Waals surface area contributed by atoms with Crippen LogP contribution in [0.3, 0.4) is 0 Å². The van der Waals surface area contributed by atoms with E-state index in [4.69, 9.17) is 9.26 Å². The average molecular weight is 369 g/mol. The van der Waals surface area contributed by atoms with Crippen LogP contribution in [0, 0.1) is 17.5 Å². The van der Waals surface area contributed by atoms with Gasteiger partial charge in [-0.05, 0) is 25.3 Å². The number of fused-ring (bicyclic) bond motifs is 1. The van der Waals surface area contributed by atoms with E-state index in [1.807, 2.05) is 0 Å². The van der Waals surface area contributed by atoms with E-state index in [2.05, 4.69) is 10.1 Å². The summed E-state index contributed by atoms with van der Waals surface area (Å²) in [5, 5.41) is 12.8. The highest BCUT2D eigenvalue weighted by Gasteiger charge is 2.40. The van der Waals surface area contributed by atoms with Crippen LogP contribution >= 0.6 is 0 Å². The SMILES string of the molecule is O=C(c1noc(-c2cc(F)c(F)c(O)c2F)n1)N1CCO[C@H]2CCC[C@@H]21. The number of aromatic hydroxyl groups is 1. The van der Waals surface area contributed by atoms with E-state index in [1.54, 1.807) is 4.90 Å². The van der Waals surface area contributed by atoms with E-state index >= 15 is 0 Å². The Morgan fingerprint density at radius 1 is 1.27 bits per heavy atom. The Hall–Kier alpha value is -2.62. The van der Waals surface area contributed by atoms with Gasteiger partial charge in [-0.15, -0.1) is 0 Å². The Labute approximate surface area is 145 Å². The van der Waals surface area contributed by atoms with E-state index in [0.29, 0.717) is 19.2 Å². The lowest BCUT2D eigenvalue weighted by Crippen LogP contribution is -2.51. The first-order valence-electron chi connectivity index (χ1n) is 8.10. The first-order valence-corrected chi connectivity index (χ1v) is 8.10. The fourth-order valence-corrected chi connectivity index (χ4v) is 3.47. The molecule has 1 saturated heterocycles. The lowest BCUT2D eigenvalue weighted by Gasteiger charge is -2.36. The number of halogens is 3. The molecule has 4 rings (SSSR count). The quantitative estimate of drug-likeness (QED) is 0.817. The van der Waals surface area contributed by atoms with E-state index in [1.165, 1.54) is 0 Å². The second-order valence-electron chi connectivity index (χ2n) is 6.21. The molecule has 2 aromatic rings. The van der Waals surface area contributed by atoms with Crippen molar-refractivity contribution in [1.82, 2.24) is 15.0 Å². The predicted octanol–water partition coefficient (Wildman–Crippen LogP) is 2.25. The van der Waals surface area contributed by atoms with Crippen LogP contribution in [-0.4, -0.2) is 51.4 Å². The van der Waals surface area contributed by atoms with Gasteiger partial charge in [-0.2, -0.15) is 9.37 Å². The molecule has 0 spiro atoms. The molecule has 1 saturated carbocycles. The van der Waals surface area contributed by atoms with Crippen LogP contribution in [0.1, 0.15) is 29.9 Å². The summed E-state index contributed by atoms with van der Waals surface area (Å²) in [6.07, 6.45) is 2.58. The van der Waals surface area contributed by atoms with E-state index in [9.17, 15) is 23.1 Å².